The molecule has 0 spiro atoms. The van der Waals surface area contributed by atoms with Crippen molar-refractivity contribution in [3.8, 4) is 0 Å². The Bertz CT molecular complexity index is 557. The van der Waals surface area contributed by atoms with Crippen LogP contribution in [0, 0.1) is 5.82 Å². The summed E-state index contributed by atoms with van der Waals surface area (Å²) < 4.78 is 18.2. The fourth-order valence-electron chi connectivity index (χ4n) is 1.61. The van der Waals surface area contributed by atoms with E-state index in [1.54, 1.807) is 24.5 Å². The lowest BCUT2D eigenvalue weighted by Crippen LogP contribution is -2.15. The van der Waals surface area contributed by atoms with Crippen LogP contribution in [0.4, 0.5) is 9.18 Å². The number of ether oxygens (including phenoxy) is 1. The van der Waals surface area contributed by atoms with Crippen LogP contribution in [0.15, 0.2) is 30.6 Å². The van der Waals surface area contributed by atoms with Gasteiger partial charge in [-0.3, -0.25) is 4.98 Å². The molecule has 5 heteroatoms. The van der Waals surface area contributed by atoms with Crippen LogP contribution in [-0.2, 0) is 11.2 Å². The van der Waals surface area contributed by atoms with Gasteiger partial charge in [0.25, 0.3) is 0 Å². The van der Waals surface area contributed by atoms with Crippen LogP contribution < -0.4 is 5.73 Å². The molecule has 0 radical (unpaired) electrons. The van der Waals surface area contributed by atoms with Gasteiger partial charge >= 0.3 is 6.09 Å². The van der Waals surface area contributed by atoms with Crippen LogP contribution >= 0.6 is 0 Å². The van der Waals surface area contributed by atoms with Crippen molar-refractivity contribution in [1.82, 2.24) is 4.98 Å². The Morgan fingerprint density at radius 3 is 3.00 bits per heavy atom. The van der Waals surface area contributed by atoms with Crippen molar-refractivity contribution < 1.29 is 13.9 Å². The molecule has 0 fully saturated rings. The van der Waals surface area contributed by atoms with Gasteiger partial charge in [0.15, 0.2) is 0 Å². The van der Waals surface area contributed by atoms with Crippen LogP contribution in [0.2, 0.25) is 0 Å². The Labute approximate surface area is 97.2 Å². The Kier molecular flexibility index (Phi) is 3.18. The number of hydrogen-bond acceptors (Lipinski definition) is 3. The molecule has 0 unspecified atom stereocenters. The number of fused-ring (bicyclic) bond motifs is 1. The maximum Gasteiger partial charge on any atom is 0.404 e. The van der Waals surface area contributed by atoms with Gasteiger partial charge in [0.05, 0.1) is 6.61 Å². The molecule has 0 bridgehead atoms. The number of halogens is 1. The van der Waals surface area contributed by atoms with E-state index in [0.29, 0.717) is 12.0 Å². The first-order chi connectivity index (χ1) is 8.16. The van der Waals surface area contributed by atoms with E-state index >= 15 is 0 Å². The average Bonchev–Trinajstić information content (AvgIpc) is 2.29. The molecule has 1 aromatic carbocycles. The number of carbonyl (C=O) groups is 1. The number of pyridine rings is 1. The van der Waals surface area contributed by atoms with Gasteiger partial charge in [0.1, 0.15) is 5.82 Å². The zero-order valence-corrected chi connectivity index (χ0v) is 9.02. The Morgan fingerprint density at radius 2 is 2.24 bits per heavy atom. The van der Waals surface area contributed by atoms with Crippen molar-refractivity contribution in [3.63, 3.8) is 0 Å². The van der Waals surface area contributed by atoms with Crippen LogP contribution in [0.1, 0.15) is 5.56 Å². The van der Waals surface area contributed by atoms with Gasteiger partial charge in [-0.15, -0.1) is 0 Å². The predicted molar refractivity (Wildman–Crippen MR) is 60.9 cm³/mol. The lowest BCUT2D eigenvalue weighted by Gasteiger charge is -2.05. The summed E-state index contributed by atoms with van der Waals surface area (Å²) in [5.41, 5.74) is 5.31. The molecule has 17 heavy (non-hydrogen) atoms. The highest BCUT2D eigenvalue weighted by Gasteiger charge is 2.05. The maximum atomic E-state index is 13.6. The van der Waals surface area contributed by atoms with Gasteiger partial charge in [-0.2, -0.15) is 0 Å². The molecule has 1 heterocycles. The minimum Gasteiger partial charge on any atom is -0.449 e. The number of benzene rings is 1. The second-order valence-corrected chi connectivity index (χ2v) is 3.58. The number of primary amides is 1. The van der Waals surface area contributed by atoms with Gasteiger partial charge in [-0.05, 0) is 29.1 Å². The first kappa shape index (κ1) is 11.3. The molecule has 0 saturated carbocycles. The molecule has 0 saturated heterocycles. The molecule has 0 aliphatic rings. The highest BCUT2D eigenvalue weighted by atomic mass is 19.1. The Morgan fingerprint density at radius 1 is 1.41 bits per heavy atom. The fraction of sp³-hybridized carbons (Fsp3) is 0.167. The van der Waals surface area contributed by atoms with Gasteiger partial charge in [0.2, 0.25) is 0 Å². The van der Waals surface area contributed by atoms with Gasteiger partial charge < -0.3 is 10.5 Å². The van der Waals surface area contributed by atoms with E-state index in [4.69, 9.17) is 5.73 Å². The summed E-state index contributed by atoms with van der Waals surface area (Å²) in [5, 5.41) is 1.64. The first-order valence-electron chi connectivity index (χ1n) is 5.11. The van der Waals surface area contributed by atoms with Crippen molar-refractivity contribution in [2.45, 2.75) is 6.42 Å². The number of hydrogen-bond donors (Lipinski definition) is 1. The van der Waals surface area contributed by atoms with Gasteiger partial charge in [-0.1, -0.05) is 0 Å². The molecule has 88 valence electrons. The largest absolute Gasteiger partial charge is 0.449 e. The number of rotatable bonds is 3. The highest BCUT2D eigenvalue weighted by molar-refractivity contribution is 5.82. The Balaban J connectivity index is 2.22. The SMILES string of the molecule is NC(=O)OCCc1cc2ccncc2cc1F. The summed E-state index contributed by atoms with van der Waals surface area (Å²) in [7, 11) is 0. The van der Waals surface area contributed by atoms with E-state index in [1.807, 2.05) is 0 Å². The minimum atomic E-state index is -0.851. The molecular formula is C12H11FN2O2. The molecule has 1 amide bonds. The minimum absolute atomic E-state index is 0.0723. The van der Waals surface area contributed by atoms with E-state index < -0.39 is 6.09 Å². The summed E-state index contributed by atoms with van der Waals surface area (Å²) in [5.74, 6) is -0.335. The molecule has 2 rings (SSSR count). The number of amides is 1. The van der Waals surface area contributed by atoms with Crippen molar-refractivity contribution in [1.29, 1.82) is 0 Å². The normalized spacial score (nSPS) is 10.4. The lowest BCUT2D eigenvalue weighted by atomic mass is 10.1. The van der Waals surface area contributed by atoms with Crippen LogP contribution in [0.25, 0.3) is 10.8 Å². The second-order valence-electron chi connectivity index (χ2n) is 3.58. The van der Waals surface area contributed by atoms with E-state index in [1.165, 1.54) is 6.07 Å². The molecular weight excluding hydrogens is 223 g/mol. The maximum absolute atomic E-state index is 13.6. The van der Waals surface area contributed by atoms with E-state index in [-0.39, 0.29) is 12.4 Å². The molecule has 2 N–H and O–H groups in total. The second kappa shape index (κ2) is 4.78. The van der Waals surface area contributed by atoms with E-state index in [2.05, 4.69) is 9.72 Å². The number of nitrogens with zero attached hydrogens (tertiary/aromatic N) is 1. The summed E-state index contributed by atoms with van der Waals surface area (Å²) in [6.07, 6.45) is 2.69. The molecule has 0 aliphatic carbocycles. The molecule has 0 atom stereocenters. The average molecular weight is 234 g/mol. The molecule has 1 aromatic heterocycles. The van der Waals surface area contributed by atoms with Crippen molar-refractivity contribution in [3.05, 3.63) is 42.0 Å². The van der Waals surface area contributed by atoms with Crippen LogP contribution in [0.5, 0.6) is 0 Å². The van der Waals surface area contributed by atoms with E-state index in [0.717, 1.165) is 10.8 Å². The summed E-state index contributed by atoms with van der Waals surface area (Å²) in [4.78, 5) is 14.3. The predicted octanol–water partition coefficient (Wildman–Crippen LogP) is 2.01. The van der Waals surface area contributed by atoms with E-state index in [9.17, 15) is 9.18 Å². The smallest absolute Gasteiger partial charge is 0.404 e. The third-order valence-electron chi connectivity index (χ3n) is 2.42. The quantitative estimate of drug-likeness (QED) is 0.883. The number of carbonyl (C=O) groups excluding carboxylic acids is 1. The summed E-state index contributed by atoms with van der Waals surface area (Å²) in [6, 6.07) is 4.94. The first-order valence-corrected chi connectivity index (χ1v) is 5.11. The lowest BCUT2D eigenvalue weighted by molar-refractivity contribution is 0.158. The number of aromatic nitrogens is 1. The van der Waals surface area contributed by atoms with Gasteiger partial charge in [-0.25, -0.2) is 9.18 Å². The third kappa shape index (κ3) is 2.69. The Hall–Kier alpha value is -2.17. The standard InChI is InChI=1S/C12H11FN2O2/c13-11-6-10-7-15-3-1-8(10)5-9(11)2-4-17-12(14)16/h1,3,5-7H,2,4H2,(H2,14,16). The van der Waals surface area contributed by atoms with Crippen LogP contribution in [0.3, 0.4) is 0 Å². The van der Waals surface area contributed by atoms with Crippen molar-refractivity contribution >= 4 is 16.9 Å². The monoisotopic (exact) mass is 234 g/mol. The highest BCUT2D eigenvalue weighted by Crippen LogP contribution is 2.18. The summed E-state index contributed by atoms with van der Waals surface area (Å²) >= 11 is 0. The molecule has 0 aliphatic heterocycles. The fourth-order valence-corrected chi connectivity index (χ4v) is 1.61. The zero-order valence-electron chi connectivity index (χ0n) is 9.02. The van der Waals surface area contributed by atoms with Crippen LogP contribution in [-0.4, -0.2) is 17.7 Å². The molecule has 4 nitrogen and oxygen atoms in total. The zero-order chi connectivity index (χ0) is 12.3. The topological polar surface area (TPSA) is 65.2 Å². The van der Waals surface area contributed by atoms with Crippen molar-refractivity contribution in [2.24, 2.45) is 5.73 Å². The molecule has 2 aromatic rings. The third-order valence-corrected chi connectivity index (χ3v) is 2.42. The number of nitrogens with two attached hydrogens (primary N) is 1. The van der Waals surface area contributed by atoms with Gasteiger partial charge in [0, 0.05) is 24.2 Å². The summed E-state index contributed by atoms with van der Waals surface area (Å²) in [6.45, 7) is 0.0723. The van der Waals surface area contributed by atoms with Crippen molar-refractivity contribution in [2.75, 3.05) is 6.61 Å².